The van der Waals surface area contributed by atoms with Crippen LogP contribution in [0.25, 0.3) is 10.9 Å². The normalized spacial score (nSPS) is 16.3. The molecule has 0 unspecified atom stereocenters. The van der Waals surface area contributed by atoms with E-state index in [0.717, 1.165) is 55.3 Å². The quantitative estimate of drug-likeness (QED) is 0.734. The maximum Gasteiger partial charge on any atom is 0.264 e. The number of benzene rings is 1. The second-order valence-corrected chi connectivity index (χ2v) is 8.10. The van der Waals surface area contributed by atoms with E-state index < -0.39 is 10.1 Å². The third kappa shape index (κ3) is 4.61. The molecule has 2 heterocycles. The van der Waals surface area contributed by atoms with Crippen molar-refractivity contribution in [3.8, 4) is 5.75 Å². The van der Waals surface area contributed by atoms with Crippen LogP contribution >= 0.6 is 0 Å². The van der Waals surface area contributed by atoms with E-state index in [-0.39, 0.29) is 6.61 Å². The van der Waals surface area contributed by atoms with Gasteiger partial charge in [0.2, 0.25) is 0 Å². The lowest BCUT2D eigenvalue weighted by molar-refractivity contribution is 0.264. The zero-order chi connectivity index (χ0) is 17.9. The number of piperidine rings is 1. The van der Waals surface area contributed by atoms with Crippen molar-refractivity contribution in [3.05, 3.63) is 30.5 Å². The number of ether oxygens (including phenoxy) is 1. The van der Waals surface area contributed by atoms with Gasteiger partial charge in [-0.05, 0) is 43.4 Å². The lowest BCUT2D eigenvalue weighted by Crippen LogP contribution is -2.34. The molecule has 0 radical (unpaired) electrons. The predicted molar refractivity (Wildman–Crippen MR) is 98.6 cm³/mol. The van der Waals surface area contributed by atoms with Gasteiger partial charge in [-0.1, -0.05) is 0 Å². The molecule has 0 N–H and O–H groups in total. The number of pyridine rings is 1. The second kappa shape index (κ2) is 7.58. The highest BCUT2D eigenvalue weighted by molar-refractivity contribution is 7.85. The summed E-state index contributed by atoms with van der Waals surface area (Å²) in [6.45, 7) is 2.19. The van der Waals surface area contributed by atoms with Gasteiger partial charge in [0.15, 0.2) is 0 Å². The largest absolute Gasteiger partial charge is 0.497 e. The van der Waals surface area contributed by atoms with E-state index in [4.69, 9.17) is 8.92 Å². The maximum absolute atomic E-state index is 11.0. The Morgan fingerprint density at radius 3 is 2.68 bits per heavy atom. The third-order valence-corrected chi connectivity index (χ3v) is 5.30. The Labute approximate surface area is 148 Å². The Balaban J connectivity index is 1.64. The van der Waals surface area contributed by atoms with Crippen LogP contribution in [0.1, 0.15) is 19.3 Å². The van der Waals surface area contributed by atoms with Crippen LogP contribution in [-0.4, -0.2) is 46.5 Å². The molecule has 1 aromatic heterocycles. The first kappa shape index (κ1) is 17.9. The number of anilines is 1. The van der Waals surface area contributed by atoms with Crippen molar-refractivity contribution in [2.75, 3.05) is 38.0 Å². The van der Waals surface area contributed by atoms with Gasteiger partial charge in [0.05, 0.1) is 25.5 Å². The SMILES string of the molecule is COc1ccc2c(N3CCC(CCOS(C)(=O)=O)CC3)ccnc2c1. The van der Waals surface area contributed by atoms with Gasteiger partial charge in [0, 0.05) is 36.4 Å². The molecule has 0 bridgehead atoms. The molecule has 3 rings (SSSR count). The van der Waals surface area contributed by atoms with Gasteiger partial charge >= 0.3 is 0 Å². The van der Waals surface area contributed by atoms with Crippen molar-refractivity contribution < 1.29 is 17.3 Å². The zero-order valence-electron chi connectivity index (χ0n) is 14.6. The number of fused-ring (bicyclic) bond motifs is 1. The van der Waals surface area contributed by atoms with E-state index in [1.54, 1.807) is 7.11 Å². The lowest BCUT2D eigenvalue weighted by atomic mass is 9.93. The Kier molecular flexibility index (Phi) is 5.44. The van der Waals surface area contributed by atoms with Gasteiger partial charge in [0.25, 0.3) is 10.1 Å². The molecule has 1 aliphatic heterocycles. The number of rotatable bonds is 6. The molecule has 6 nitrogen and oxygen atoms in total. The van der Waals surface area contributed by atoms with Crippen LogP contribution in [0.5, 0.6) is 5.75 Å². The summed E-state index contributed by atoms with van der Waals surface area (Å²) in [6.07, 6.45) is 5.79. The highest BCUT2D eigenvalue weighted by atomic mass is 32.2. The van der Waals surface area contributed by atoms with Crippen LogP contribution in [0.15, 0.2) is 30.5 Å². The molecule has 2 aromatic rings. The monoisotopic (exact) mass is 364 g/mol. The third-order valence-electron chi connectivity index (χ3n) is 4.71. The fourth-order valence-corrected chi connectivity index (χ4v) is 3.74. The standard InChI is InChI=1S/C18H24N2O4S/c1-23-15-3-4-16-17(13-15)19-9-5-18(16)20-10-6-14(7-11-20)8-12-24-25(2,21)22/h3-5,9,13-14H,6-8,10-12H2,1-2H3. The first-order valence-corrected chi connectivity index (χ1v) is 10.3. The lowest BCUT2D eigenvalue weighted by Gasteiger charge is -2.34. The average Bonchev–Trinajstić information content (AvgIpc) is 2.60. The van der Waals surface area contributed by atoms with E-state index in [9.17, 15) is 8.42 Å². The Bertz CT molecular complexity index is 830. The van der Waals surface area contributed by atoms with E-state index in [1.165, 1.54) is 5.69 Å². The van der Waals surface area contributed by atoms with E-state index >= 15 is 0 Å². The molecular formula is C18H24N2O4S. The Hall–Kier alpha value is -1.86. The number of hydrogen-bond donors (Lipinski definition) is 0. The van der Waals surface area contributed by atoms with Crippen LogP contribution in [0.2, 0.25) is 0 Å². The molecule has 7 heteroatoms. The summed E-state index contributed by atoms with van der Waals surface area (Å²) in [6, 6.07) is 8.03. The molecule has 0 amide bonds. The van der Waals surface area contributed by atoms with Gasteiger partial charge in [-0.3, -0.25) is 9.17 Å². The topological polar surface area (TPSA) is 68.7 Å². The molecular weight excluding hydrogens is 340 g/mol. The maximum atomic E-state index is 11.0. The minimum atomic E-state index is -3.34. The number of aromatic nitrogens is 1. The predicted octanol–water partition coefficient (Wildman–Crippen LogP) is 2.83. The summed E-state index contributed by atoms with van der Waals surface area (Å²) < 4.78 is 32.2. The Morgan fingerprint density at radius 2 is 2.00 bits per heavy atom. The molecule has 25 heavy (non-hydrogen) atoms. The molecule has 1 aromatic carbocycles. The molecule has 136 valence electrons. The fraction of sp³-hybridized carbons (Fsp3) is 0.500. The minimum Gasteiger partial charge on any atom is -0.497 e. The average molecular weight is 364 g/mol. The van der Waals surface area contributed by atoms with Crippen molar-refractivity contribution in [1.29, 1.82) is 0 Å². The van der Waals surface area contributed by atoms with Crippen LogP contribution < -0.4 is 9.64 Å². The summed E-state index contributed by atoms with van der Waals surface area (Å²) in [5.41, 5.74) is 2.12. The van der Waals surface area contributed by atoms with Crippen molar-refractivity contribution in [3.63, 3.8) is 0 Å². The van der Waals surface area contributed by atoms with Crippen molar-refractivity contribution >= 4 is 26.7 Å². The first-order valence-electron chi connectivity index (χ1n) is 8.48. The highest BCUT2D eigenvalue weighted by Gasteiger charge is 2.21. The fourth-order valence-electron chi connectivity index (χ4n) is 3.34. The van der Waals surface area contributed by atoms with E-state index in [2.05, 4.69) is 22.0 Å². The van der Waals surface area contributed by atoms with Gasteiger partial charge in [-0.25, -0.2) is 0 Å². The molecule has 1 saturated heterocycles. The minimum absolute atomic E-state index is 0.279. The van der Waals surface area contributed by atoms with Crippen molar-refractivity contribution in [1.82, 2.24) is 4.98 Å². The summed E-state index contributed by atoms with van der Waals surface area (Å²) in [4.78, 5) is 6.82. The van der Waals surface area contributed by atoms with Gasteiger partial charge < -0.3 is 9.64 Å². The molecule has 0 saturated carbocycles. The smallest absolute Gasteiger partial charge is 0.264 e. The van der Waals surface area contributed by atoms with Crippen molar-refractivity contribution in [2.24, 2.45) is 5.92 Å². The molecule has 1 fully saturated rings. The van der Waals surface area contributed by atoms with E-state index in [0.29, 0.717) is 5.92 Å². The molecule has 0 spiro atoms. The number of methoxy groups -OCH3 is 1. The van der Waals surface area contributed by atoms with Crippen molar-refractivity contribution in [2.45, 2.75) is 19.3 Å². The van der Waals surface area contributed by atoms with Crippen LogP contribution in [0.4, 0.5) is 5.69 Å². The molecule has 0 atom stereocenters. The summed E-state index contributed by atoms with van der Waals surface area (Å²) in [5, 5.41) is 1.13. The van der Waals surface area contributed by atoms with E-state index in [1.807, 2.05) is 18.3 Å². The van der Waals surface area contributed by atoms with Gasteiger partial charge in [-0.15, -0.1) is 0 Å². The van der Waals surface area contributed by atoms with Crippen LogP contribution in [-0.2, 0) is 14.3 Å². The zero-order valence-corrected chi connectivity index (χ0v) is 15.5. The summed E-state index contributed by atoms with van der Waals surface area (Å²) >= 11 is 0. The molecule has 1 aliphatic rings. The molecule has 0 aliphatic carbocycles. The highest BCUT2D eigenvalue weighted by Crippen LogP contribution is 2.31. The summed E-state index contributed by atoms with van der Waals surface area (Å²) in [7, 11) is -1.68. The Morgan fingerprint density at radius 1 is 1.24 bits per heavy atom. The summed E-state index contributed by atoms with van der Waals surface area (Å²) in [5.74, 6) is 1.31. The second-order valence-electron chi connectivity index (χ2n) is 6.46. The van der Waals surface area contributed by atoms with Gasteiger partial charge in [-0.2, -0.15) is 8.42 Å². The van der Waals surface area contributed by atoms with Crippen LogP contribution in [0.3, 0.4) is 0 Å². The van der Waals surface area contributed by atoms with Crippen LogP contribution in [0, 0.1) is 5.92 Å². The first-order chi connectivity index (χ1) is 12.0. The number of hydrogen-bond acceptors (Lipinski definition) is 6. The van der Waals surface area contributed by atoms with Gasteiger partial charge in [0.1, 0.15) is 5.75 Å². The number of nitrogens with zero attached hydrogens (tertiary/aromatic N) is 2.